The molecule has 3 aliphatic rings. The highest BCUT2D eigenvalue weighted by Crippen LogP contribution is 2.85. The van der Waals surface area contributed by atoms with E-state index in [0.717, 1.165) is 0 Å². The van der Waals surface area contributed by atoms with Crippen LogP contribution in [-0.2, 0) is 21.7 Å². The van der Waals surface area contributed by atoms with Gasteiger partial charge in [-0.3, -0.25) is 0 Å². The monoisotopic (exact) mass is 478 g/mol. The van der Waals surface area contributed by atoms with Gasteiger partial charge in [-0.15, -0.1) is 0 Å². The fraction of sp³-hybridized carbons (Fsp3) is 0.613. The largest absolute Gasteiger partial charge is 0.0561 e. The summed E-state index contributed by atoms with van der Waals surface area (Å²) >= 11 is 0. The van der Waals surface area contributed by atoms with Crippen molar-refractivity contribution >= 4 is 37.1 Å². The summed E-state index contributed by atoms with van der Waals surface area (Å²) in [6.07, 6.45) is 2.88. The molecule has 1 spiro atoms. The standard InChI is InChI=1S/C31H44P2/c1-27(2,3)19-15-21(29(7,8)9)25-23(17-19)32-26-22(30(10,11)12)16-20(28(4,5)6)18-24(26)33(25)31(32)13-14-31/h15-18H,13-14H2,1-12H3. The summed E-state index contributed by atoms with van der Waals surface area (Å²) in [5, 5.41) is 7.14. The highest BCUT2D eigenvalue weighted by atomic mass is 31.2. The van der Waals surface area contributed by atoms with Gasteiger partial charge in [0.05, 0.1) is 0 Å². The van der Waals surface area contributed by atoms with Crippen molar-refractivity contribution in [2.75, 3.05) is 0 Å². The summed E-state index contributed by atoms with van der Waals surface area (Å²) in [6.45, 7) is 29.0. The van der Waals surface area contributed by atoms with Gasteiger partial charge in [0.1, 0.15) is 0 Å². The Morgan fingerprint density at radius 1 is 0.515 bits per heavy atom. The molecule has 0 nitrogen and oxygen atoms in total. The van der Waals surface area contributed by atoms with Crippen molar-refractivity contribution in [1.29, 1.82) is 0 Å². The number of rotatable bonds is 0. The molecule has 1 aliphatic carbocycles. The Labute approximate surface area is 205 Å². The molecule has 0 N–H and O–H groups in total. The molecule has 2 bridgehead atoms. The molecule has 2 atom stereocenters. The molecule has 5 rings (SSSR count). The average Bonchev–Trinajstić information content (AvgIpc) is 3.28. The van der Waals surface area contributed by atoms with E-state index in [-0.39, 0.29) is 37.5 Å². The Bertz CT molecular complexity index is 1060. The maximum atomic E-state index is 2.67. The van der Waals surface area contributed by atoms with Crippen LogP contribution in [0.15, 0.2) is 24.3 Å². The minimum Gasteiger partial charge on any atom is -0.0561 e. The Hall–Kier alpha value is -0.700. The Kier molecular flexibility index (Phi) is 4.90. The van der Waals surface area contributed by atoms with Crippen LogP contribution in [0, 0.1) is 0 Å². The average molecular weight is 479 g/mol. The fourth-order valence-electron chi connectivity index (χ4n) is 5.82. The van der Waals surface area contributed by atoms with E-state index in [0.29, 0.717) is 4.90 Å². The number of benzene rings is 2. The molecule has 0 radical (unpaired) electrons. The van der Waals surface area contributed by atoms with Crippen molar-refractivity contribution in [2.24, 2.45) is 0 Å². The fourth-order valence-corrected chi connectivity index (χ4v) is 15.5. The van der Waals surface area contributed by atoms with E-state index in [1.165, 1.54) is 12.8 Å². The second-order valence-corrected chi connectivity index (χ2v) is 20.2. The van der Waals surface area contributed by atoms with Crippen LogP contribution < -0.4 is 21.2 Å². The van der Waals surface area contributed by atoms with Crippen molar-refractivity contribution < 1.29 is 0 Å². The van der Waals surface area contributed by atoms with E-state index in [9.17, 15) is 0 Å². The summed E-state index contributed by atoms with van der Waals surface area (Å²) < 4.78 is 0. The Morgan fingerprint density at radius 2 is 0.848 bits per heavy atom. The molecule has 1 saturated carbocycles. The maximum absolute atomic E-state index is 2.67. The molecule has 2 aliphatic heterocycles. The van der Waals surface area contributed by atoms with Crippen LogP contribution in [0.5, 0.6) is 0 Å². The minimum absolute atomic E-state index is 0.180. The van der Waals surface area contributed by atoms with Gasteiger partial charge in [-0.05, 0) is 106 Å². The molecule has 2 unspecified atom stereocenters. The van der Waals surface area contributed by atoms with Crippen LogP contribution in [0.4, 0.5) is 0 Å². The lowest BCUT2D eigenvalue weighted by Crippen LogP contribution is -2.41. The van der Waals surface area contributed by atoms with Gasteiger partial charge in [0.15, 0.2) is 0 Å². The third-order valence-electron chi connectivity index (χ3n) is 7.99. The SMILES string of the molecule is CC(C)(C)c1cc2c(c(C(C)(C)C)c1)P1c3cc(C(C)(C)C)cc(C(C)(C)C)c3P2C12CC2. The van der Waals surface area contributed by atoms with Crippen molar-refractivity contribution in [2.45, 2.75) is 122 Å². The summed E-state index contributed by atoms with van der Waals surface area (Å²) in [4.78, 5) is 0.572. The van der Waals surface area contributed by atoms with Gasteiger partial charge in [0.25, 0.3) is 0 Å². The van der Waals surface area contributed by atoms with E-state index in [1.54, 1.807) is 43.5 Å². The lowest BCUT2D eigenvalue weighted by Gasteiger charge is -2.35. The van der Waals surface area contributed by atoms with Crippen LogP contribution in [0.1, 0.15) is 118 Å². The van der Waals surface area contributed by atoms with E-state index in [1.807, 2.05) is 0 Å². The summed E-state index contributed by atoms with van der Waals surface area (Å²) in [7, 11) is -0.528. The third-order valence-corrected chi connectivity index (χ3v) is 15.6. The second kappa shape index (κ2) is 6.74. The van der Waals surface area contributed by atoms with Gasteiger partial charge in [-0.25, -0.2) is 0 Å². The van der Waals surface area contributed by atoms with Crippen LogP contribution in [0.2, 0.25) is 0 Å². The summed E-state index contributed by atoms with van der Waals surface area (Å²) in [6, 6.07) is 10.6. The van der Waals surface area contributed by atoms with Crippen LogP contribution in [0.3, 0.4) is 0 Å². The first kappa shape index (κ1) is 24.0. The molecule has 33 heavy (non-hydrogen) atoms. The number of hydrogen-bond acceptors (Lipinski definition) is 0. The van der Waals surface area contributed by atoms with Crippen molar-refractivity contribution in [1.82, 2.24) is 0 Å². The molecule has 0 saturated heterocycles. The first-order valence-electron chi connectivity index (χ1n) is 12.9. The zero-order chi connectivity index (χ0) is 24.5. The molecule has 2 heteroatoms. The van der Waals surface area contributed by atoms with Gasteiger partial charge in [-0.1, -0.05) is 95.2 Å². The van der Waals surface area contributed by atoms with Gasteiger partial charge in [0.2, 0.25) is 0 Å². The molecular weight excluding hydrogens is 434 g/mol. The Morgan fingerprint density at radius 3 is 1.09 bits per heavy atom. The quantitative estimate of drug-likeness (QED) is 0.343. The molecule has 0 aromatic heterocycles. The predicted octanol–water partition coefficient (Wildman–Crippen LogP) is 7.56. The van der Waals surface area contributed by atoms with Crippen molar-refractivity contribution in [3.8, 4) is 0 Å². The third kappa shape index (κ3) is 3.45. The second-order valence-electron chi connectivity index (χ2n) is 14.9. The topological polar surface area (TPSA) is 0 Å². The molecule has 2 heterocycles. The van der Waals surface area contributed by atoms with E-state index >= 15 is 0 Å². The van der Waals surface area contributed by atoms with Gasteiger partial charge < -0.3 is 0 Å². The molecule has 0 amide bonds. The van der Waals surface area contributed by atoms with E-state index in [4.69, 9.17) is 0 Å². The lowest BCUT2D eigenvalue weighted by molar-refractivity contribution is 0.571. The highest BCUT2D eigenvalue weighted by Gasteiger charge is 2.68. The molecule has 1 fully saturated rings. The van der Waals surface area contributed by atoms with Gasteiger partial charge in [-0.2, -0.15) is 0 Å². The van der Waals surface area contributed by atoms with Gasteiger partial charge in [0, 0.05) is 4.90 Å². The minimum atomic E-state index is -0.264. The molecule has 2 aromatic rings. The number of hydrogen-bond donors (Lipinski definition) is 0. The predicted molar refractivity (Wildman–Crippen MR) is 152 cm³/mol. The van der Waals surface area contributed by atoms with Crippen LogP contribution in [-0.4, -0.2) is 4.90 Å². The first-order valence-corrected chi connectivity index (χ1v) is 15.5. The number of fused-ring (bicyclic) bond motifs is 6. The molecular formula is C31H44P2. The zero-order valence-electron chi connectivity index (χ0n) is 23.1. The summed E-state index contributed by atoms with van der Waals surface area (Å²) in [5.41, 5.74) is 7.11. The normalized spacial score (nSPS) is 23.2. The van der Waals surface area contributed by atoms with Gasteiger partial charge >= 0.3 is 0 Å². The van der Waals surface area contributed by atoms with E-state index < -0.39 is 0 Å². The summed E-state index contributed by atoms with van der Waals surface area (Å²) in [5.74, 6) is 0. The van der Waals surface area contributed by atoms with E-state index in [2.05, 4.69) is 107 Å². The van der Waals surface area contributed by atoms with Crippen LogP contribution in [0.25, 0.3) is 0 Å². The van der Waals surface area contributed by atoms with Crippen molar-refractivity contribution in [3.63, 3.8) is 0 Å². The highest BCUT2D eigenvalue weighted by molar-refractivity contribution is 8.01. The lowest BCUT2D eigenvalue weighted by atomic mass is 9.80. The smallest absolute Gasteiger partial charge is 0.0269 e. The zero-order valence-corrected chi connectivity index (χ0v) is 24.9. The molecule has 2 aromatic carbocycles. The first-order chi connectivity index (χ1) is 14.9. The maximum Gasteiger partial charge on any atom is 0.0269 e. The van der Waals surface area contributed by atoms with Crippen LogP contribution >= 0.6 is 15.8 Å². The molecule has 178 valence electrons. The van der Waals surface area contributed by atoms with Crippen molar-refractivity contribution in [3.05, 3.63) is 46.5 Å². The Balaban J connectivity index is 1.87.